The van der Waals surface area contributed by atoms with Gasteiger partial charge in [0.15, 0.2) is 0 Å². The molecule has 2 saturated heterocycles. The van der Waals surface area contributed by atoms with Crippen LogP contribution in [0.3, 0.4) is 0 Å². The Bertz CT molecular complexity index is 984. The van der Waals surface area contributed by atoms with Gasteiger partial charge in [-0.3, -0.25) is 4.68 Å². The number of aromatic nitrogens is 2. The minimum Gasteiger partial charge on any atom is -0.462 e. The van der Waals surface area contributed by atoms with E-state index in [-0.39, 0.29) is 23.8 Å². The summed E-state index contributed by atoms with van der Waals surface area (Å²) >= 11 is 0. The van der Waals surface area contributed by atoms with Gasteiger partial charge in [-0.2, -0.15) is 5.10 Å². The SMILES string of the molecule is CCOC(=O)c1cnn(C2CCOCC2)c1-c1ccc(B2OC(C)(C)C(C)(C)O2)cc1F. The van der Waals surface area contributed by atoms with E-state index >= 15 is 4.39 Å². The summed E-state index contributed by atoms with van der Waals surface area (Å²) in [6, 6.07) is 4.86. The Hall–Kier alpha value is -2.23. The van der Waals surface area contributed by atoms with Crippen molar-refractivity contribution in [3.63, 3.8) is 0 Å². The van der Waals surface area contributed by atoms with Crippen LogP contribution >= 0.6 is 0 Å². The molecule has 0 atom stereocenters. The lowest BCUT2D eigenvalue weighted by Crippen LogP contribution is -2.41. The summed E-state index contributed by atoms with van der Waals surface area (Å²) in [5.41, 5.74) is 0.503. The van der Waals surface area contributed by atoms with E-state index in [1.54, 1.807) is 23.7 Å². The zero-order valence-electron chi connectivity index (χ0n) is 19.3. The van der Waals surface area contributed by atoms with Gasteiger partial charge in [0.05, 0.1) is 35.7 Å². The molecule has 0 aliphatic carbocycles. The summed E-state index contributed by atoms with van der Waals surface area (Å²) in [4.78, 5) is 12.6. The molecular formula is C23H30BFN2O5. The molecule has 0 bridgehead atoms. The topological polar surface area (TPSA) is 71.8 Å². The fraction of sp³-hybridized carbons (Fsp3) is 0.565. The van der Waals surface area contributed by atoms with Crippen LogP contribution in [0.25, 0.3) is 11.3 Å². The largest absolute Gasteiger partial charge is 0.494 e. The number of nitrogens with zero attached hydrogens (tertiary/aromatic N) is 2. The first-order chi connectivity index (χ1) is 15.1. The quantitative estimate of drug-likeness (QED) is 0.519. The van der Waals surface area contributed by atoms with Crippen molar-refractivity contribution in [2.45, 2.75) is 64.7 Å². The zero-order valence-corrected chi connectivity index (χ0v) is 19.3. The number of hydrogen-bond donors (Lipinski definition) is 0. The Kier molecular flexibility index (Phi) is 6.18. The van der Waals surface area contributed by atoms with Crippen LogP contribution in [0.2, 0.25) is 0 Å². The van der Waals surface area contributed by atoms with Crippen molar-refractivity contribution >= 4 is 18.6 Å². The number of esters is 1. The van der Waals surface area contributed by atoms with Gasteiger partial charge in [0.1, 0.15) is 11.4 Å². The highest BCUT2D eigenvalue weighted by atomic mass is 19.1. The van der Waals surface area contributed by atoms with E-state index < -0.39 is 30.1 Å². The van der Waals surface area contributed by atoms with Crippen molar-refractivity contribution in [1.82, 2.24) is 9.78 Å². The molecule has 0 amide bonds. The van der Waals surface area contributed by atoms with Gasteiger partial charge in [0, 0.05) is 18.8 Å². The Labute approximate surface area is 188 Å². The Morgan fingerprint density at radius 1 is 1.22 bits per heavy atom. The first kappa shape index (κ1) is 23.0. The highest BCUT2D eigenvalue weighted by Crippen LogP contribution is 2.37. The smallest absolute Gasteiger partial charge is 0.462 e. The number of ether oxygens (including phenoxy) is 2. The van der Waals surface area contributed by atoms with Gasteiger partial charge in [0.2, 0.25) is 0 Å². The van der Waals surface area contributed by atoms with E-state index in [9.17, 15) is 4.79 Å². The normalized spacial score (nSPS) is 20.5. The summed E-state index contributed by atoms with van der Waals surface area (Å²) in [5.74, 6) is -0.994. The lowest BCUT2D eigenvalue weighted by Gasteiger charge is -2.32. The molecule has 0 unspecified atom stereocenters. The van der Waals surface area contributed by atoms with Crippen molar-refractivity contribution in [1.29, 1.82) is 0 Å². The first-order valence-corrected chi connectivity index (χ1v) is 11.1. The van der Waals surface area contributed by atoms with Crippen LogP contribution in [0.4, 0.5) is 4.39 Å². The minimum atomic E-state index is -0.673. The van der Waals surface area contributed by atoms with Gasteiger partial charge in [-0.1, -0.05) is 12.1 Å². The second kappa shape index (κ2) is 8.61. The van der Waals surface area contributed by atoms with Crippen LogP contribution in [-0.4, -0.2) is 53.9 Å². The summed E-state index contributed by atoms with van der Waals surface area (Å²) < 4.78 is 40.0. The van der Waals surface area contributed by atoms with E-state index in [2.05, 4.69) is 5.10 Å². The maximum atomic E-state index is 15.5. The molecule has 0 radical (unpaired) electrons. The lowest BCUT2D eigenvalue weighted by molar-refractivity contribution is 0.00578. The molecule has 2 fully saturated rings. The predicted molar refractivity (Wildman–Crippen MR) is 118 cm³/mol. The average Bonchev–Trinajstić information content (AvgIpc) is 3.27. The maximum absolute atomic E-state index is 15.5. The van der Waals surface area contributed by atoms with Crippen molar-refractivity contribution in [3.8, 4) is 11.3 Å². The second-order valence-electron chi connectivity index (χ2n) is 9.24. The molecular weight excluding hydrogens is 414 g/mol. The third kappa shape index (κ3) is 4.09. The van der Waals surface area contributed by atoms with Crippen LogP contribution in [0.1, 0.15) is 63.9 Å². The zero-order chi connectivity index (χ0) is 23.1. The summed E-state index contributed by atoms with van der Waals surface area (Å²) in [5, 5.41) is 4.44. The number of carbonyl (C=O) groups is 1. The first-order valence-electron chi connectivity index (χ1n) is 11.1. The van der Waals surface area contributed by atoms with E-state index in [0.717, 1.165) is 12.8 Å². The minimum absolute atomic E-state index is 0.0177. The number of rotatable bonds is 5. The summed E-state index contributed by atoms with van der Waals surface area (Å²) in [7, 11) is -0.673. The fourth-order valence-corrected chi connectivity index (χ4v) is 4.04. The number of halogens is 1. The van der Waals surface area contributed by atoms with E-state index in [4.69, 9.17) is 18.8 Å². The molecule has 0 saturated carbocycles. The summed E-state index contributed by atoms with van der Waals surface area (Å²) in [6.07, 6.45) is 2.94. The van der Waals surface area contributed by atoms with Crippen molar-refractivity contribution in [2.75, 3.05) is 19.8 Å². The maximum Gasteiger partial charge on any atom is 0.494 e. The van der Waals surface area contributed by atoms with Crippen LogP contribution in [0.5, 0.6) is 0 Å². The van der Waals surface area contributed by atoms with Crippen molar-refractivity contribution in [3.05, 3.63) is 35.8 Å². The standard InChI is InChI=1S/C23H30BFN2O5/c1-6-30-21(28)18-14-26-27(16-9-11-29-12-10-16)20(18)17-8-7-15(13-19(17)25)24-31-22(2,3)23(4,5)32-24/h7-8,13-14,16H,6,9-12H2,1-5H3. The Balaban J connectivity index is 1.73. The molecule has 172 valence electrons. The molecule has 4 rings (SSSR count). The Morgan fingerprint density at radius 2 is 1.88 bits per heavy atom. The third-order valence-electron chi connectivity index (χ3n) is 6.60. The molecule has 0 spiro atoms. The van der Waals surface area contributed by atoms with Gasteiger partial charge in [0.25, 0.3) is 0 Å². The number of carbonyl (C=O) groups excluding carboxylic acids is 1. The van der Waals surface area contributed by atoms with Gasteiger partial charge >= 0.3 is 13.1 Å². The summed E-state index contributed by atoms with van der Waals surface area (Å²) in [6.45, 7) is 11.0. The molecule has 2 aromatic rings. The molecule has 3 heterocycles. The van der Waals surface area contributed by atoms with Crippen molar-refractivity contribution in [2.24, 2.45) is 0 Å². The average molecular weight is 444 g/mol. The molecule has 9 heteroatoms. The molecule has 2 aliphatic rings. The predicted octanol–water partition coefficient (Wildman–Crippen LogP) is 3.52. The molecule has 2 aliphatic heterocycles. The molecule has 1 aromatic heterocycles. The Morgan fingerprint density at radius 3 is 2.47 bits per heavy atom. The van der Waals surface area contributed by atoms with E-state index in [1.807, 2.05) is 27.7 Å². The number of benzene rings is 1. The second-order valence-corrected chi connectivity index (χ2v) is 9.24. The molecule has 1 aromatic carbocycles. The number of hydrogen-bond acceptors (Lipinski definition) is 6. The van der Waals surface area contributed by atoms with E-state index in [1.165, 1.54) is 12.3 Å². The van der Waals surface area contributed by atoms with Crippen LogP contribution < -0.4 is 5.46 Å². The third-order valence-corrected chi connectivity index (χ3v) is 6.60. The van der Waals surface area contributed by atoms with Gasteiger partial charge in [-0.25, -0.2) is 9.18 Å². The molecule has 0 N–H and O–H groups in total. The van der Waals surface area contributed by atoms with Crippen LogP contribution in [0, 0.1) is 5.82 Å². The van der Waals surface area contributed by atoms with Gasteiger partial charge in [-0.05, 0) is 59.0 Å². The van der Waals surface area contributed by atoms with E-state index in [0.29, 0.717) is 24.4 Å². The van der Waals surface area contributed by atoms with Crippen LogP contribution in [-0.2, 0) is 18.8 Å². The molecule has 32 heavy (non-hydrogen) atoms. The lowest BCUT2D eigenvalue weighted by atomic mass is 9.78. The highest BCUT2D eigenvalue weighted by molar-refractivity contribution is 6.62. The monoisotopic (exact) mass is 444 g/mol. The fourth-order valence-electron chi connectivity index (χ4n) is 4.04. The highest BCUT2D eigenvalue weighted by Gasteiger charge is 2.51. The van der Waals surface area contributed by atoms with Crippen molar-refractivity contribution < 1.29 is 28.0 Å². The van der Waals surface area contributed by atoms with Crippen LogP contribution in [0.15, 0.2) is 24.4 Å². The van der Waals surface area contributed by atoms with Gasteiger partial charge in [-0.15, -0.1) is 0 Å². The van der Waals surface area contributed by atoms with Gasteiger partial charge < -0.3 is 18.8 Å². The molecule has 7 nitrogen and oxygen atoms in total.